The van der Waals surface area contributed by atoms with Crippen molar-refractivity contribution < 1.29 is 19.4 Å². The molecule has 1 N–H and O–H groups in total. The van der Waals surface area contributed by atoms with Crippen LogP contribution in [0.1, 0.15) is 41.0 Å². The van der Waals surface area contributed by atoms with E-state index in [4.69, 9.17) is 9.84 Å². The van der Waals surface area contributed by atoms with Crippen LogP contribution in [-0.4, -0.2) is 62.3 Å². The molecule has 0 aromatic carbocycles. The number of carboxylic acids is 1. The number of rotatable bonds is 6. The molecule has 0 spiro atoms. The van der Waals surface area contributed by atoms with E-state index in [0.29, 0.717) is 30.1 Å². The number of carbonyl (C=O) groups is 2. The summed E-state index contributed by atoms with van der Waals surface area (Å²) in [6.07, 6.45) is 3.24. The number of carboxylic acid groups (broad SMARTS) is 1. The molecule has 1 fully saturated rings. The largest absolute Gasteiger partial charge is 0.481 e. The third-order valence-electron chi connectivity index (χ3n) is 4.41. The summed E-state index contributed by atoms with van der Waals surface area (Å²) in [5, 5.41) is 13.3. The number of fused-ring (bicyclic) bond motifs is 1. The van der Waals surface area contributed by atoms with Gasteiger partial charge in [-0.3, -0.25) is 9.59 Å². The maximum absolute atomic E-state index is 13.0. The van der Waals surface area contributed by atoms with Crippen LogP contribution in [0.2, 0.25) is 0 Å². The van der Waals surface area contributed by atoms with Gasteiger partial charge >= 0.3 is 5.97 Å². The quantitative estimate of drug-likeness (QED) is 0.850. The Labute approximate surface area is 145 Å². The van der Waals surface area contributed by atoms with E-state index in [1.165, 1.54) is 6.20 Å². The van der Waals surface area contributed by atoms with Gasteiger partial charge in [-0.25, -0.2) is 9.50 Å². The molecule has 0 bridgehead atoms. The monoisotopic (exact) mass is 346 g/mol. The lowest BCUT2D eigenvalue weighted by atomic mass is 10.1. The summed E-state index contributed by atoms with van der Waals surface area (Å²) in [4.78, 5) is 29.8. The Morgan fingerprint density at radius 2 is 2.24 bits per heavy atom. The van der Waals surface area contributed by atoms with Gasteiger partial charge in [0.25, 0.3) is 5.91 Å². The number of ether oxygens (including phenoxy) is 1. The highest BCUT2D eigenvalue weighted by atomic mass is 16.5. The van der Waals surface area contributed by atoms with E-state index in [1.807, 2.05) is 19.9 Å². The molecule has 2 aromatic heterocycles. The molecule has 3 heterocycles. The van der Waals surface area contributed by atoms with Crippen molar-refractivity contribution in [1.29, 1.82) is 0 Å². The summed E-state index contributed by atoms with van der Waals surface area (Å²) in [7, 11) is 0. The van der Waals surface area contributed by atoms with Crippen molar-refractivity contribution in [1.82, 2.24) is 19.5 Å². The number of hydrogen-bond acceptors (Lipinski definition) is 5. The fourth-order valence-electron chi connectivity index (χ4n) is 3.08. The molecule has 25 heavy (non-hydrogen) atoms. The summed E-state index contributed by atoms with van der Waals surface area (Å²) in [6.45, 7) is 4.90. The molecule has 3 rings (SSSR count). The average Bonchev–Trinajstić information content (AvgIpc) is 3.20. The molecule has 8 nitrogen and oxygen atoms in total. The van der Waals surface area contributed by atoms with E-state index in [2.05, 4.69) is 10.1 Å². The van der Waals surface area contributed by atoms with Gasteiger partial charge in [0.05, 0.1) is 29.5 Å². The first kappa shape index (κ1) is 17.3. The van der Waals surface area contributed by atoms with Gasteiger partial charge in [-0.05, 0) is 26.7 Å². The van der Waals surface area contributed by atoms with Crippen molar-refractivity contribution in [3.63, 3.8) is 0 Å². The van der Waals surface area contributed by atoms with Gasteiger partial charge in [0, 0.05) is 32.0 Å². The van der Waals surface area contributed by atoms with Crippen LogP contribution in [0.4, 0.5) is 0 Å². The molecule has 0 aliphatic carbocycles. The second kappa shape index (κ2) is 7.18. The van der Waals surface area contributed by atoms with Gasteiger partial charge in [-0.15, -0.1) is 0 Å². The molecule has 0 saturated carbocycles. The van der Waals surface area contributed by atoms with Gasteiger partial charge in [-0.2, -0.15) is 5.10 Å². The summed E-state index contributed by atoms with van der Waals surface area (Å²) in [6, 6.07) is 1.84. The Morgan fingerprint density at radius 3 is 2.92 bits per heavy atom. The molecule has 1 aliphatic rings. The van der Waals surface area contributed by atoms with Gasteiger partial charge in [0.1, 0.15) is 0 Å². The van der Waals surface area contributed by atoms with Crippen molar-refractivity contribution in [2.24, 2.45) is 0 Å². The Morgan fingerprint density at radius 1 is 1.44 bits per heavy atom. The van der Waals surface area contributed by atoms with Crippen LogP contribution in [0.3, 0.4) is 0 Å². The summed E-state index contributed by atoms with van der Waals surface area (Å²) < 4.78 is 7.25. The standard InChI is InChI=1S/C17H22N4O4/c1-11-8-15-18-9-14(12(2)21(15)19-11)17(24)20(6-5-16(22)23)10-13-4-3-7-25-13/h8-9,13H,3-7,10H2,1-2H3,(H,22,23). The number of hydrogen-bond donors (Lipinski definition) is 1. The van der Waals surface area contributed by atoms with E-state index in [0.717, 1.165) is 18.5 Å². The van der Waals surface area contributed by atoms with Crippen LogP contribution in [-0.2, 0) is 9.53 Å². The van der Waals surface area contributed by atoms with Crippen LogP contribution in [0.5, 0.6) is 0 Å². The summed E-state index contributed by atoms with van der Waals surface area (Å²) >= 11 is 0. The first-order chi connectivity index (χ1) is 12.0. The first-order valence-electron chi connectivity index (χ1n) is 8.40. The van der Waals surface area contributed by atoms with Crippen molar-refractivity contribution in [2.75, 3.05) is 19.7 Å². The van der Waals surface area contributed by atoms with Crippen molar-refractivity contribution in [3.8, 4) is 0 Å². The molecule has 1 saturated heterocycles. The molecule has 1 unspecified atom stereocenters. The number of carbonyl (C=O) groups excluding carboxylic acids is 1. The highest BCUT2D eigenvalue weighted by Gasteiger charge is 2.25. The number of aromatic nitrogens is 3. The van der Waals surface area contributed by atoms with Crippen LogP contribution < -0.4 is 0 Å². The maximum atomic E-state index is 13.0. The third-order valence-corrected chi connectivity index (χ3v) is 4.41. The lowest BCUT2D eigenvalue weighted by Gasteiger charge is -2.25. The number of amides is 1. The first-order valence-corrected chi connectivity index (χ1v) is 8.40. The second-order valence-corrected chi connectivity index (χ2v) is 6.34. The Bertz CT molecular complexity index is 795. The lowest BCUT2D eigenvalue weighted by Crippen LogP contribution is -2.39. The molecule has 8 heteroatoms. The van der Waals surface area contributed by atoms with Crippen molar-refractivity contribution in [2.45, 2.75) is 39.2 Å². The molecule has 1 atom stereocenters. The smallest absolute Gasteiger partial charge is 0.305 e. The number of aliphatic carboxylic acids is 1. The minimum atomic E-state index is -0.932. The maximum Gasteiger partial charge on any atom is 0.305 e. The van der Waals surface area contributed by atoms with Crippen LogP contribution in [0.15, 0.2) is 12.3 Å². The molecule has 134 valence electrons. The van der Waals surface area contributed by atoms with Crippen LogP contribution in [0.25, 0.3) is 5.65 Å². The summed E-state index contributed by atoms with van der Waals surface area (Å²) in [5.74, 6) is -1.17. The minimum Gasteiger partial charge on any atom is -0.481 e. The van der Waals surface area contributed by atoms with Gasteiger partial charge in [-0.1, -0.05) is 0 Å². The van der Waals surface area contributed by atoms with Crippen LogP contribution >= 0.6 is 0 Å². The lowest BCUT2D eigenvalue weighted by molar-refractivity contribution is -0.137. The van der Waals surface area contributed by atoms with E-state index in [-0.39, 0.29) is 25.0 Å². The highest BCUT2D eigenvalue weighted by molar-refractivity contribution is 5.95. The minimum absolute atomic E-state index is 0.0401. The zero-order valence-corrected chi connectivity index (χ0v) is 14.4. The van der Waals surface area contributed by atoms with Gasteiger partial charge in [0.15, 0.2) is 5.65 Å². The molecule has 1 aliphatic heterocycles. The average molecular weight is 346 g/mol. The second-order valence-electron chi connectivity index (χ2n) is 6.34. The molecule has 1 amide bonds. The fourth-order valence-corrected chi connectivity index (χ4v) is 3.08. The Balaban J connectivity index is 1.87. The SMILES string of the molecule is Cc1cc2ncc(C(=O)N(CCC(=O)O)CC3CCCO3)c(C)n2n1. The van der Waals surface area contributed by atoms with Gasteiger partial charge < -0.3 is 14.7 Å². The predicted octanol–water partition coefficient (Wildman–Crippen LogP) is 1.44. The fraction of sp³-hybridized carbons (Fsp3) is 0.529. The zero-order valence-electron chi connectivity index (χ0n) is 14.4. The van der Waals surface area contributed by atoms with E-state index in [1.54, 1.807) is 9.42 Å². The molecule has 0 radical (unpaired) electrons. The van der Waals surface area contributed by atoms with E-state index < -0.39 is 5.97 Å². The van der Waals surface area contributed by atoms with Crippen LogP contribution in [0, 0.1) is 13.8 Å². The molecular formula is C17H22N4O4. The Hall–Kier alpha value is -2.48. The van der Waals surface area contributed by atoms with Gasteiger partial charge in [0.2, 0.25) is 0 Å². The number of aryl methyl sites for hydroxylation is 2. The normalized spacial score (nSPS) is 17.1. The topological polar surface area (TPSA) is 97.0 Å². The van der Waals surface area contributed by atoms with Crippen molar-refractivity contribution >= 4 is 17.5 Å². The summed E-state index contributed by atoms with van der Waals surface area (Å²) in [5.41, 5.74) is 2.62. The van der Waals surface area contributed by atoms with Crippen molar-refractivity contribution in [3.05, 3.63) is 29.2 Å². The van der Waals surface area contributed by atoms with E-state index >= 15 is 0 Å². The van der Waals surface area contributed by atoms with E-state index in [9.17, 15) is 9.59 Å². The third kappa shape index (κ3) is 3.79. The predicted molar refractivity (Wildman–Crippen MR) is 89.6 cm³/mol. The molecule has 2 aromatic rings. The zero-order chi connectivity index (χ0) is 18.0. The highest BCUT2D eigenvalue weighted by Crippen LogP contribution is 2.17. The molecular weight excluding hydrogens is 324 g/mol. The Kier molecular flexibility index (Phi) is 4.98. The number of nitrogens with zero attached hydrogens (tertiary/aromatic N) is 4.